The molecule has 1 fully saturated rings. The van der Waals surface area contributed by atoms with Crippen molar-refractivity contribution in [2.45, 2.75) is 58.2 Å². The van der Waals surface area contributed by atoms with E-state index in [-0.39, 0.29) is 29.7 Å². The molecule has 2 aromatic carbocycles. The van der Waals surface area contributed by atoms with Gasteiger partial charge >= 0.3 is 0 Å². The molecule has 0 aliphatic heterocycles. The molecule has 1 N–H and O–H groups in total. The predicted molar refractivity (Wildman–Crippen MR) is 135 cm³/mol. The van der Waals surface area contributed by atoms with Crippen molar-refractivity contribution >= 4 is 39.1 Å². The molecule has 2 amide bonds. The molecule has 0 unspecified atom stereocenters. The van der Waals surface area contributed by atoms with Gasteiger partial charge in [-0.05, 0) is 50.5 Å². The first-order valence-electron chi connectivity index (χ1n) is 11.5. The van der Waals surface area contributed by atoms with Crippen LogP contribution in [0.3, 0.4) is 0 Å². The Morgan fingerprint density at radius 3 is 2.46 bits per heavy atom. The standard InChI is InChI=1S/C25H31ClFN3O4S/c1-17-12-13-20(26)14-23(17)30(35(3,33)34)16-24(31)29(15-19-8-4-7-11-22(19)27)18(2)25(32)28-21-9-5-6-10-21/h4,7-8,11-14,18,21H,5-6,9-10,15-16H2,1-3H3,(H,28,32)/t18-/m0/s1. The van der Waals surface area contributed by atoms with Crippen LogP contribution in [-0.4, -0.2) is 50.0 Å². The Morgan fingerprint density at radius 1 is 1.17 bits per heavy atom. The first kappa shape index (κ1) is 26.9. The van der Waals surface area contributed by atoms with Crippen molar-refractivity contribution in [1.29, 1.82) is 0 Å². The lowest BCUT2D eigenvalue weighted by Gasteiger charge is -2.32. The summed E-state index contributed by atoms with van der Waals surface area (Å²) in [5.41, 5.74) is 1.11. The number of benzene rings is 2. The number of anilines is 1. The van der Waals surface area contributed by atoms with Crippen molar-refractivity contribution in [3.8, 4) is 0 Å². The van der Waals surface area contributed by atoms with Crippen LogP contribution in [0.1, 0.15) is 43.7 Å². The van der Waals surface area contributed by atoms with Crippen LogP contribution in [0.5, 0.6) is 0 Å². The van der Waals surface area contributed by atoms with Crippen LogP contribution in [0.15, 0.2) is 42.5 Å². The number of carbonyl (C=O) groups is 2. The normalized spacial score (nSPS) is 15.0. The average molecular weight is 524 g/mol. The van der Waals surface area contributed by atoms with Gasteiger partial charge in [-0.15, -0.1) is 0 Å². The fourth-order valence-electron chi connectivity index (χ4n) is 4.23. The highest BCUT2D eigenvalue weighted by Crippen LogP contribution is 2.27. The first-order valence-corrected chi connectivity index (χ1v) is 13.8. The molecule has 0 saturated heterocycles. The fourth-order valence-corrected chi connectivity index (χ4v) is 5.30. The summed E-state index contributed by atoms with van der Waals surface area (Å²) >= 11 is 6.10. The minimum absolute atomic E-state index is 0.0389. The highest BCUT2D eigenvalue weighted by Gasteiger charge is 2.32. The van der Waals surface area contributed by atoms with E-state index in [0.717, 1.165) is 36.2 Å². The van der Waals surface area contributed by atoms with Crippen molar-refractivity contribution in [1.82, 2.24) is 10.2 Å². The van der Waals surface area contributed by atoms with E-state index in [1.54, 1.807) is 32.0 Å². The number of rotatable bonds is 9. The average Bonchev–Trinajstić information content (AvgIpc) is 3.30. The Morgan fingerprint density at radius 2 is 1.83 bits per heavy atom. The Kier molecular flexibility index (Phi) is 8.77. The molecule has 0 heterocycles. The van der Waals surface area contributed by atoms with E-state index in [9.17, 15) is 22.4 Å². The minimum atomic E-state index is -3.88. The molecule has 1 saturated carbocycles. The number of aryl methyl sites for hydroxylation is 1. The summed E-state index contributed by atoms with van der Waals surface area (Å²) in [6.45, 7) is 2.54. The number of halogens is 2. The Balaban J connectivity index is 1.92. The fraction of sp³-hybridized carbons (Fsp3) is 0.440. The molecule has 2 aromatic rings. The van der Waals surface area contributed by atoms with Gasteiger partial charge in [0.05, 0.1) is 11.9 Å². The highest BCUT2D eigenvalue weighted by molar-refractivity contribution is 7.92. The molecule has 3 rings (SSSR count). The summed E-state index contributed by atoms with van der Waals surface area (Å²) in [4.78, 5) is 27.8. The molecule has 1 aliphatic carbocycles. The second-order valence-corrected chi connectivity index (χ2v) is 11.3. The van der Waals surface area contributed by atoms with Crippen molar-refractivity contribution < 1.29 is 22.4 Å². The quantitative estimate of drug-likeness (QED) is 0.537. The zero-order valence-corrected chi connectivity index (χ0v) is 21.7. The summed E-state index contributed by atoms with van der Waals surface area (Å²) in [5.74, 6) is -1.50. The van der Waals surface area contributed by atoms with E-state index in [2.05, 4.69) is 5.32 Å². The van der Waals surface area contributed by atoms with Crippen LogP contribution in [0.2, 0.25) is 5.02 Å². The molecule has 10 heteroatoms. The lowest BCUT2D eigenvalue weighted by atomic mass is 10.1. The third-order valence-electron chi connectivity index (χ3n) is 6.29. The molecule has 190 valence electrons. The van der Waals surface area contributed by atoms with Crippen LogP contribution in [-0.2, 0) is 26.2 Å². The van der Waals surface area contributed by atoms with Crippen LogP contribution in [0, 0.1) is 12.7 Å². The van der Waals surface area contributed by atoms with Gasteiger partial charge in [-0.3, -0.25) is 13.9 Å². The number of carbonyl (C=O) groups excluding carboxylic acids is 2. The van der Waals surface area contributed by atoms with Gasteiger partial charge in [-0.1, -0.05) is 48.7 Å². The van der Waals surface area contributed by atoms with Gasteiger partial charge in [0.25, 0.3) is 0 Å². The summed E-state index contributed by atoms with van der Waals surface area (Å²) in [6, 6.07) is 9.85. The maximum absolute atomic E-state index is 14.5. The zero-order valence-electron chi connectivity index (χ0n) is 20.1. The number of sulfonamides is 1. The number of hydrogen-bond acceptors (Lipinski definition) is 4. The van der Waals surface area contributed by atoms with Gasteiger partial charge < -0.3 is 10.2 Å². The predicted octanol–water partition coefficient (Wildman–Crippen LogP) is 4.03. The molecule has 0 radical (unpaired) electrons. The monoisotopic (exact) mass is 523 g/mol. The second kappa shape index (κ2) is 11.4. The third kappa shape index (κ3) is 6.95. The van der Waals surface area contributed by atoms with Crippen molar-refractivity contribution in [3.63, 3.8) is 0 Å². The summed E-state index contributed by atoms with van der Waals surface area (Å²) in [5, 5.41) is 3.29. The van der Waals surface area contributed by atoms with Gasteiger partial charge in [0.15, 0.2) is 0 Å². The van der Waals surface area contributed by atoms with Crippen LogP contribution < -0.4 is 9.62 Å². The summed E-state index contributed by atoms with van der Waals surface area (Å²) in [6.07, 6.45) is 4.79. The van der Waals surface area contributed by atoms with E-state index in [1.807, 2.05) is 0 Å². The van der Waals surface area contributed by atoms with Gasteiger partial charge in [0, 0.05) is 23.2 Å². The van der Waals surface area contributed by atoms with Crippen molar-refractivity contribution in [2.75, 3.05) is 17.1 Å². The zero-order chi connectivity index (χ0) is 25.8. The van der Waals surface area contributed by atoms with E-state index < -0.39 is 34.3 Å². The van der Waals surface area contributed by atoms with Crippen LogP contribution in [0.4, 0.5) is 10.1 Å². The Hall–Kier alpha value is -2.65. The van der Waals surface area contributed by atoms with Crippen LogP contribution >= 0.6 is 11.6 Å². The Bertz CT molecular complexity index is 1180. The lowest BCUT2D eigenvalue weighted by molar-refractivity contribution is -0.139. The maximum atomic E-state index is 14.5. The Labute approximate surface area is 211 Å². The molecular weight excluding hydrogens is 493 g/mol. The lowest BCUT2D eigenvalue weighted by Crippen LogP contribution is -2.52. The minimum Gasteiger partial charge on any atom is -0.352 e. The summed E-state index contributed by atoms with van der Waals surface area (Å²) < 4.78 is 40.8. The number of amides is 2. The number of nitrogens with zero attached hydrogens (tertiary/aromatic N) is 2. The molecular formula is C25H31ClFN3O4S. The molecule has 7 nitrogen and oxygen atoms in total. The van der Waals surface area contributed by atoms with E-state index in [1.165, 1.54) is 29.2 Å². The first-order chi connectivity index (χ1) is 16.5. The number of hydrogen-bond donors (Lipinski definition) is 1. The van der Waals surface area contributed by atoms with E-state index >= 15 is 0 Å². The molecule has 1 aliphatic rings. The molecule has 1 atom stereocenters. The maximum Gasteiger partial charge on any atom is 0.244 e. The van der Waals surface area contributed by atoms with Gasteiger partial charge in [0.2, 0.25) is 21.8 Å². The van der Waals surface area contributed by atoms with Crippen molar-refractivity contribution in [3.05, 3.63) is 64.4 Å². The van der Waals surface area contributed by atoms with Gasteiger partial charge in [-0.2, -0.15) is 0 Å². The summed E-state index contributed by atoms with van der Waals surface area (Å²) in [7, 11) is -3.88. The molecule has 0 bridgehead atoms. The second-order valence-electron chi connectivity index (χ2n) is 8.98. The number of nitrogens with one attached hydrogen (secondary N) is 1. The molecule has 0 spiro atoms. The van der Waals surface area contributed by atoms with E-state index in [4.69, 9.17) is 11.6 Å². The van der Waals surface area contributed by atoms with Crippen molar-refractivity contribution in [2.24, 2.45) is 0 Å². The molecule has 35 heavy (non-hydrogen) atoms. The molecule has 0 aromatic heterocycles. The van der Waals surface area contributed by atoms with Gasteiger partial charge in [0.1, 0.15) is 18.4 Å². The van der Waals surface area contributed by atoms with E-state index in [0.29, 0.717) is 10.6 Å². The third-order valence-corrected chi connectivity index (χ3v) is 7.65. The largest absolute Gasteiger partial charge is 0.352 e. The van der Waals surface area contributed by atoms with Gasteiger partial charge in [-0.25, -0.2) is 12.8 Å². The topological polar surface area (TPSA) is 86.8 Å². The van der Waals surface area contributed by atoms with Crippen LogP contribution in [0.25, 0.3) is 0 Å². The smallest absolute Gasteiger partial charge is 0.244 e. The highest BCUT2D eigenvalue weighted by atomic mass is 35.5. The SMILES string of the molecule is Cc1ccc(Cl)cc1N(CC(=O)N(Cc1ccccc1F)[C@@H](C)C(=O)NC1CCCC1)S(C)(=O)=O.